The molecule has 2 N–H and O–H groups in total. The molecule has 2 rings (SSSR count). The standard InChI is InChI=1S/C16H21N3OS.2ClH/c1-3-13-10-18-15(21-13)11-19(2)16(20)14(17)9-12-7-5-4-6-8-12;;/h4-8,10,14H,3,9,11,17H2,1-2H3;2*1H. The fraction of sp³-hybridized carbons (Fsp3) is 0.375. The third-order valence-corrected chi connectivity index (χ3v) is 4.44. The minimum Gasteiger partial charge on any atom is -0.338 e. The number of amides is 1. The SMILES string of the molecule is CCc1cnc(CN(C)C(=O)C(N)Cc2ccccc2)s1.Cl.Cl. The predicted molar refractivity (Wildman–Crippen MR) is 101 cm³/mol. The molecule has 0 bridgehead atoms. The zero-order valence-corrected chi connectivity index (χ0v) is 15.7. The van der Waals surface area contributed by atoms with E-state index in [1.54, 1.807) is 23.3 Å². The fourth-order valence-electron chi connectivity index (χ4n) is 2.10. The Hall–Kier alpha value is -1.14. The van der Waals surface area contributed by atoms with Crippen LogP contribution >= 0.6 is 36.2 Å². The number of thiazole rings is 1. The van der Waals surface area contributed by atoms with Crippen LogP contribution in [0.25, 0.3) is 0 Å². The number of benzene rings is 1. The van der Waals surface area contributed by atoms with Gasteiger partial charge in [0.1, 0.15) is 5.01 Å². The minimum absolute atomic E-state index is 0. The summed E-state index contributed by atoms with van der Waals surface area (Å²) in [7, 11) is 1.78. The number of aryl methyl sites for hydroxylation is 1. The van der Waals surface area contributed by atoms with Gasteiger partial charge in [0.15, 0.2) is 0 Å². The smallest absolute Gasteiger partial charge is 0.239 e. The molecule has 0 radical (unpaired) electrons. The van der Waals surface area contributed by atoms with Crippen molar-refractivity contribution >= 4 is 42.1 Å². The largest absolute Gasteiger partial charge is 0.338 e. The second-order valence-corrected chi connectivity index (χ2v) is 6.26. The highest BCUT2D eigenvalue weighted by Gasteiger charge is 2.19. The molecule has 0 saturated heterocycles. The van der Waals surface area contributed by atoms with Gasteiger partial charge in [0.25, 0.3) is 0 Å². The third-order valence-electron chi connectivity index (χ3n) is 3.31. The number of carbonyl (C=O) groups is 1. The molecule has 0 aliphatic heterocycles. The summed E-state index contributed by atoms with van der Waals surface area (Å²) < 4.78 is 0. The summed E-state index contributed by atoms with van der Waals surface area (Å²) in [5.74, 6) is -0.0490. The fourth-order valence-corrected chi connectivity index (χ4v) is 3.02. The zero-order chi connectivity index (χ0) is 15.2. The molecule has 1 aromatic heterocycles. The van der Waals surface area contributed by atoms with Crippen LogP contribution in [0.3, 0.4) is 0 Å². The summed E-state index contributed by atoms with van der Waals surface area (Å²) in [5.41, 5.74) is 7.11. The molecule has 0 saturated carbocycles. The Morgan fingerprint density at radius 2 is 1.96 bits per heavy atom. The molecule has 23 heavy (non-hydrogen) atoms. The Morgan fingerprint density at radius 3 is 2.52 bits per heavy atom. The Labute approximate surface area is 153 Å². The quantitative estimate of drug-likeness (QED) is 0.843. The van der Waals surface area contributed by atoms with Gasteiger partial charge in [-0.05, 0) is 18.4 Å². The van der Waals surface area contributed by atoms with E-state index < -0.39 is 6.04 Å². The first-order valence-electron chi connectivity index (χ1n) is 7.08. The highest BCUT2D eigenvalue weighted by molar-refractivity contribution is 7.11. The van der Waals surface area contributed by atoms with Gasteiger partial charge in [-0.15, -0.1) is 36.2 Å². The van der Waals surface area contributed by atoms with E-state index in [-0.39, 0.29) is 30.7 Å². The lowest BCUT2D eigenvalue weighted by Crippen LogP contribution is -2.42. The number of hydrogen-bond donors (Lipinski definition) is 1. The lowest BCUT2D eigenvalue weighted by molar-refractivity contribution is -0.131. The van der Waals surface area contributed by atoms with Crippen molar-refractivity contribution in [1.82, 2.24) is 9.88 Å². The Balaban J connectivity index is 0.00000242. The topological polar surface area (TPSA) is 59.2 Å². The minimum atomic E-state index is -0.511. The number of nitrogens with zero attached hydrogens (tertiary/aromatic N) is 2. The van der Waals surface area contributed by atoms with Crippen LogP contribution in [-0.4, -0.2) is 28.9 Å². The van der Waals surface area contributed by atoms with Gasteiger partial charge in [-0.1, -0.05) is 37.3 Å². The molecule has 0 aliphatic carbocycles. The number of hydrogen-bond acceptors (Lipinski definition) is 4. The number of carbonyl (C=O) groups excluding carboxylic acids is 1. The summed E-state index contributed by atoms with van der Waals surface area (Å²) in [4.78, 5) is 19.5. The van der Waals surface area contributed by atoms with Gasteiger partial charge < -0.3 is 10.6 Å². The Morgan fingerprint density at radius 1 is 1.30 bits per heavy atom. The van der Waals surface area contributed by atoms with Crippen LogP contribution in [0.4, 0.5) is 0 Å². The van der Waals surface area contributed by atoms with E-state index in [9.17, 15) is 4.79 Å². The van der Waals surface area contributed by atoms with Crippen molar-refractivity contribution in [1.29, 1.82) is 0 Å². The number of rotatable bonds is 6. The molecule has 0 aliphatic rings. The second-order valence-electron chi connectivity index (χ2n) is 5.06. The van der Waals surface area contributed by atoms with E-state index in [4.69, 9.17) is 5.73 Å². The first kappa shape index (κ1) is 21.9. The Bertz CT molecular complexity index is 592. The first-order valence-corrected chi connectivity index (χ1v) is 7.90. The summed E-state index contributed by atoms with van der Waals surface area (Å²) in [5, 5.41) is 0.953. The molecule has 1 amide bonds. The number of nitrogens with two attached hydrogens (primary N) is 1. The molecule has 2 aromatic rings. The van der Waals surface area contributed by atoms with Gasteiger partial charge in [-0.25, -0.2) is 4.98 Å². The maximum Gasteiger partial charge on any atom is 0.239 e. The highest BCUT2D eigenvalue weighted by atomic mass is 35.5. The molecule has 1 unspecified atom stereocenters. The van der Waals surface area contributed by atoms with Crippen molar-refractivity contribution in [3.05, 3.63) is 52.0 Å². The molecular formula is C16H23Cl2N3OS. The molecule has 0 spiro atoms. The van der Waals surface area contributed by atoms with Crippen LogP contribution in [0.15, 0.2) is 36.5 Å². The monoisotopic (exact) mass is 375 g/mol. The molecule has 7 heteroatoms. The average Bonchev–Trinajstić information content (AvgIpc) is 2.95. The van der Waals surface area contributed by atoms with E-state index in [0.29, 0.717) is 13.0 Å². The van der Waals surface area contributed by atoms with Gasteiger partial charge in [0.05, 0.1) is 12.6 Å². The summed E-state index contributed by atoms with van der Waals surface area (Å²) in [6, 6.07) is 9.33. The van der Waals surface area contributed by atoms with E-state index in [1.807, 2.05) is 36.5 Å². The van der Waals surface area contributed by atoms with E-state index in [0.717, 1.165) is 17.0 Å². The lowest BCUT2D eigenvalue weighted by Gasteiger charge is -2.20. The molecule has 1 atom stereocenters. The van der Waals surface area contributed by atoms with Gasteiger partial charge >= 0.3 is 0 Å². The maximum absolute atomic E-state index is 12.3. The van der Waals surface area contributed by atoms with E-state index in [2.05, 4.69) is 11.9 Å². The predicted octanol–water partition coefficient (Wildman–Crippen LogP) is 3.08. The van der Waals surface area contributed by atoms with Gasteiger partial charge in [-0.2, -0.15) is 0 Å². The molecule has 1 aromatic carbocycles. The van der Waals surface area contributed by atoms with Crippen LogP contribution in [0.2, 0.25) is 0 Å². The normalized spacial score (nSPS) is 11.1. The number of halogens is 2. The van der Waals surface area contributed by atoms with Crippen molar-refractivity contribution in [3.63, 3.8) is 0 Å². The van der Waals surface area contributed by atoms with Crippen LogP contribution in [0.1, 0.15) is 22.4 Å². The molecule has 4 nitrogen and oxygen atoms in total. The first-order chi connectivity index (χ1) is 10.1. The van der Waals surface area contributed by atoms with Crippen molar-refractivity contribution in [3.8, 4) is 0 Å². The van der Waals surface area contributed by atoms with Crippen molar-refractivity contribution in [2.75, 3.05) is 7.05 Å². The lowest BCUT2D eigenvalue weighted by atomic mass is 10.1. The number of likely N-dealkylation sites (N-methyl/N-ethyl adjacent to an activating group) is 1. The average molecular weight is 376 g/mol. The molecular weight excluding hydrogens is 353 g/mol. The van der Waals surface area contributed by atoms with E-state index >= 15 is 0 Å². The van der Waals surface area contributed by atoms with Crippen molar-refractivity contribution in [2.45, 2.75) is 32.4 Å². The van der Waals surface area contributed by atoms with Crippen LogP contribution in [-0.2, 0) is 24.2 Å². The molecule has 1 heterocycles. The zero-order valence-electron chi connectivity index (χ0n) is 13.3. The molecule has 0 fully saturated rings. The third kappa shape index (κ3) is 6.47. The van der Waals surface area contributed by atoms with Crippen molar-refractivity contribution < 1.29 is 4.79 Å². The van der Waals surface area contributed by atoms with Gasteiger partial charge in [-0.3, -0.25) is 4.79 Å². The summed E-state index contributed by atoms with van der Waals surface area (Å²) >= 11 is 1.65. The maximum atomic E-state index is 12.3. The van der Waals surface area contributed by atoms with Crippen LogP contribution in [0, 0.1) is 0 Å². The van der Waals surface area contributed by atoms with Crippen LogP contribution in [0.5, 0.6) is 0 Å². The number of aromatic nitrogens is 1. The highest BCUT2D eigenvalue weighted by Crippen LogP contribution is 2.15. The summed E-state index contributed by atoms with van der Waals surface area (Å²) in [6.45, 7) is 2.62. The molecule has 128 valence electrons. The van der Waals surface area contributed by atoms with Crippen molar-refractivity contribution in [2.24, 2.45) is 5.73 Å². The van der Waals surface area contributed by atoms with Crippen LogP contribution < -0.4 is 5.73 Å². The van der Waals surface area contributed by atoms with Gasteiger partial charge in [0, 0.05) is 18.1 Å². The summed E-state index contributed by atoms with van der Waals surface area (Å²) in [6.07, 6.45) is 3.41. The van der Waals surface area contributed by atoms with Gasteiger partial charge in [0.2, 0.25) is 5.91 Å². The second kappa shape index (κ2) is 10.6. The van der Waals surface area contributed by atoms with E-state index in [1.165, 1.54) is 4.88 Å². The Kier molecular flexibility index (Phi) is 10.1.